The van der Waals surface area contributed by atoms with E-state index in [0.717, 1.165) is 12.8 Å². The zero-order valence-electron chi connectivity index (χ0n) is 19.4. The predicted molar refractivity (Wildman–Crippen MR) is 123 cm³/mol. The van der Waals surface area contributed by atoms with Gasteiger partial charge in [0.05, 0.1) is 13.2 Å². The summed E-state index contributed by atoms with van der Waals surface area (Å²) in [7, 11) is 0. The van der Waals surface area contributed by atoms with E-state index in [2.05, 4.69) is 19.1 Å². The minimum atomic E-state index is -1.05. The van der Waals surface area contributed by atoms with Gasteiger partial charge in [-0.1, -0.05) is 83.3 Å². The maximum absolute atomic E-state index is 10.1. The first kappa shape index (κ1) is 27.6. The van der Waals surface area contributed by atoms with E-state index in [-0.39, 0.29) is 6.61 Å². The Labute approximate surface area is 184 Å². The van der Waals surface area contributed by atoms with Gasteiger partial charge in [0.25, 0.3) is 0 Å². The molecular formula is C25H48O5. The quantitative estimate of drug-likeness (QED) is 0.190. The highest BCUT2D eigenvalue weighted by Crippen LogP contribution is 2.20. The van der Waals surface area contributed by atoms with Crippen LogP contribution >= 0.6 is 0 Å². The number of allylic oxidation sites excluding steroid dienone is 2. The van der Waals surface area contributed by atoms with E-state index in [9.17, 15) is 10.2 Å². The van der Waals surface area contributed by atoms with Gasteiger partial charge < -0.3 is 24.8 Å². The zero-order chi connectivity index (χ0) is 21.9. The van der Waals surface area contributed by atoms with Crippen LogP contribution in [-0.4, -0.2) is 59.6 Å². The second kappa shape index (κ2) is 19.2. The van der Waals surface area contributed by atoms with Gasteiger partial charge in [-0.15, -0.1) is 0 Å². The largest absolute Gasteiger partial charge is 0.394 e. The summed E-state index contributed by atoms with van der Waals surface area (Å²) in [5.74, 6) is 0. The minimum absolute atomic E-state index is 0.275. The van der Waals surface area contributed by atoms with Crippen LogP contribution in [0.1, 0.15) is 103 Å². The molecular weight excluding hydrogens is 380 g/mol. The highest BCUT2D eigenvalue weighted by Gasteiger charge is 2.40. The molecule has 0 spiro atoms. The average Bonchev–Trinajstić information content (AvgIpc) is 3.12. The highest BCUT2D eigenvalue weighted by atomic mass is 16.6. The van der Waals surface area contributed by atoms with Crippen molar-refractivity contribution in [3.63, 3.8) is 0 Å². The van der Waals surface area contributed by atoms with Gasteiger partial charge in [0.15, 0.2) is 0 Å². The smallest absolute Gasteiger partial charge is 0.114 e. The Hall–Kier alpha value is -0.460. The van der Waals surface area contributed by atoms with Crippen LogP contribution in [0.15, 0.2) is 12.2 Å². The fraction of sp³-hybridized carbons (Fsp3) is 0.920. The monoisotopic (exact) mass is 428 g/mol. The van der Waals surface area contributed by atoms with Crippen molar-refractivity contribution in [3.05, 3.63) is 12.2 Å². The molecule has 30 heavy (non-hydrogen) atoms. The second-order valence-electron chi connectivity index (χ2n) is 8.74. The van der Waals surface area contributed by atoms with Crippen LogP contribution in [-0.2, 0) is 9.47 Å². The third kappa shape index (κ3) is 13.1. The first-order chi connectivity index (χ1) is 14.7. The van der Waals surface area contributed by atoms with E-state index < -0.39 is 31.0 Å². The average molecular weight is 429 g/mol. The molecule has 5 nitrogen and oxygen atoms in total. The van der Waals surface area contributed by atoms with Crippen LogP contribution in [0.3, 0.4) is 0 Å². The fourth-order valence-corrected chi connectivity index (χ4v) is 3.97. The predicted octanol–water partition coefficient (Wildman–Crippen LogP) is 4.91. The van der Waals surface area contributed by atoms with E-state index in [0.29, 0.717) is 6.61 Å². The molecule has 0 aromatic heterocycles. The lowest BCUT2D eigenvalue weighted by Gasteiger charge is -2.20. The number of aliphatic hydroxyl groups excluding tert-OH is 3. The third-order valence-corrected chi connectivity index (χ3v) is 5.97. The lowest BCUT2D eigenvalue weighted by Crippen LogP contribution is -2.41. The van der Waals surface area contributed by atoms with Crippen molar-refractivity contribution in [2.75, 3.05) is 19.8 Å². The summed E-state index contributed by atoms with van der Waals surface area (Å²) in [5.41, 5.74) is 0. The van der Waals surface area contributed by atoms with Crippen LogP contribution in [0.5, 0.6) is 0 Å². The number of hydrogen-bond donors (Lipinski definition) is 3. The van der Waals surface area contributed by atoms with Gasteiger partial charge >= 0.3 is 0 Å². The highest BCUT2D eigenvalue weighted by molar-refractivity contribution is 4.88. The van der Waals surface area contributed by atoms with Crippen molar-refractivity contribution < 1.29 is 24.8 Å². The Morgan fingerprint density at radius 3 is 1.97 bits per heavy atom. The Morgan fingerprint density at radius 2 is 1.40 bits per heavy atom. The Balaban J connectivity index is 1.80. The molecule has 1 aliphatic rings. The molecule has 0 saturated carbocycles. The van der Waals surface area contributed by atoms with Crippen molar-refractivity contribution in [2.24, 2.45) is 0 Å². The summed E-state index contributed by atoms with van der Waals surface area (Å²) in [6, 6.07) is 0. The number of rotatable bonds is 20. The number of ether oxygens (including phenoxy) is 2. The molecule has 0 radical (unpaired) electrons. The van der Waals surface area contributed by atoms with E-state index in [4.69, 9.17) is 14.6 Å². The van der Waals surface area contributed by atoms with Gasteiger partial charge in [0.1, 0.15) is 24.4 Å². The molecule has 4 atom stereocenters. The van der Waals surface area contributed by atoms with Crippen LogP contribution < -0.4 is 0 Å². The van der Waals surface area contributed by atoms with E-state index in [1.54, 1.807) is 0 Å². The Kier molecular flexibility index (Phi) is 17.7. The van der Waals surface area contributed by atoms with Crippen LogP contribution in [0.4, 0.5) is 0 Å². The molecule has 0 aliphatic carbocycles. The molecule has 1 fully saturated rings. The Bertz CT molecular complexity index is 401. The van der Waals surface area contributed by atoms with Crippen LogP contribution in [0, 0.1) is 0 Å². The van der Waals surface area contributed by atoms with E-state index in [1.165, 1.54) is 83.5 Å². The van der Waals surface area contributed by atoms with Gasteiger partial charge in [-0.3, -0.25) is 0 Å². The first-order valence-electron chi connectivity index (χ1n) is 12.6. The van der Waals surface area contributed by atoms with Crippen molar-refractivity contribution in [1.29, 1.82) is 0 Å². The Morgan fingerprint density at radius 1 is 0.867 bits per heavy atom. The molecule has 0 aromatic rings. The molecule has 3 N–H and O–H groups in total. The SMILES string of the molecule is CCCCCC/C=C/CCCCCCCCCCCO[C@@H]1CO[C@@H]([C@@H](O)CO)[C@H]1O. The number of aliphatic hydroxyl groups is 3. The molecule has 0 aromatic carbocycles. The maximum Gasteiger partial charge on any atom is 0.114 e. The zero-order valence-corrected chi connectivity index (χ0v) is 19.4. The lowest BCUT2D eigenvalue weighted by atomic mass is 10.1. The standard InChI is InChI=1S/C25H48O5/c1-2-3-4-5-6-7-8-9-10-11-12-13-14-15-16-17-18-19-29-23-21-30-25(24(23)28)22(27)20-26/h7-8,22-28H,2-6,9-21H2,1H3/b8-7+/t22-,23+,24-,25-/m0/s1. The van der Waals surface area contributed by atoms with Gasteiger partial charge in [0, 0.05) is 6.61 Å². The fourth-order valence-electron chi connectivity index (χ4n) is 3.97. The van der Waals surface area contributed by atoms with Gasteiger partial charge in [-0.2, -0.15) is 0 Å². The van der Waals surface area contributed by atoms with Crippen LogP contribution in [0.2, 0.25) is 0 Å². The van der Waals surface area contributed by atoms with Crippen molar-refractivity contribution >= 4 is 0 Å². The van der Waals surface area contributed by atoms with Crippen molar-refractivity contribution in [3.8, 4) is 0 Å². The van der Waals surface area contributed by atoms with E-state index in [1.807, 2.05) is 0 Å². The van der Waals surface area contributed by atoms with E-state index >= 15 is 0 Å². The first-order valence-corrected chi connectivity index (χ1v) is 12.6. The maximum atomic E-state index is 10.1. The molecule has 1 heterocycles. The summed E-state index contributed by atoms with van der Waals surface area (Å²) in [4.78, 5) is 0. The van der Waals surface area contributed by atoms with Crippen LogP contribution in [0.25, 0.3) is 0 Å². The summed E-state index contributed by atoms with van der Waals surface area (Å²) in [5, 5.41) is 28.6. The van der Waals surface area contributed by atoms with Gasteiger partial charge in [-0.25, -0.2) is 0 Å². The lowest BCUT2D eigenvalue weighted by molar-refractivity contribution is -0.0730. The topological polar surface area (TPSA) is 79.2 Å². The molecule has 1 rings (SSSR count). The van der Waals surface area contributed by atoms with Gasteiger partial charge in [-0.05, 0) is 32.1 Å². The second-order valence-corrected chi connectivity index (χ2v) is 8.74. The molecule has 1 aliphatic heterocycles. The minimum Gasteiger partial charge on any atom is -0.394 e. The molecule has 5 heteroatoms. The molecule has 0 unspecified atom stereocenters. The third-order valence-electron chi connectivity index (χ3n) is 5.97. The van der Waals surface area contributed by atoms with Crippen molar-refractivity contribution in [2.45, 2.75) is 128 Å². The molecule has 178 valence electrons. The number of unbranched alkanes of at least 4 members (excludes halogenated alkanes) is 13. The number of hydrogen-bond acceptors (Lipinski definition) is 5. The summed E-state index contributed by atoms with van der Waals surface area (Å²) in [6.07, 6.45) is 21.0. The van der Waals surface area contributed by atoms with Crippen molar-refractivity contribution in [1.82, 2.24) is 0 Å². The summed E-state index contributed by atoms with van der Waals surface area (Å²) < 4.78 is 11.0. The van der Waals surface area contributed by atoms with Gasteiger partial charge in [0.2, 0.25) is 0 Å². The summed E-state index contributed by atoms with van der Waals surface area (Å²) in [6.45, 7) is 2.73. The summed E-state index contributed by atoms with van der Waals surface area (Å²) >= 11 is 0. The molecule has 0 amide bonds. The molecule has 1 saturated heterocycles. The molecule has 0 bridgehead atoms. The normalized spacial score (nSPS) is 22.9.